The summed E-state index contributed by atoms with van der Waals surface area (Å²) in [7, 11) is 1.38. The number of nitrogens with zero attached hydrogens (tertiary/aromatic N) is 1. The van der Waals surface area contributed by atoms with Gasteiger partial charge in [0.05, 0.1) is 16.3 Å². The van der Waals surface area contributed by atoms with E-state index in [1.165, 1.54) is 7.05 Å². The Morgan fingerprint density at radius 1 is 1.23 bits per heavy atom. The van der Waals surface area contributed by atoms with Crippen molar-refractivity contribution in [3.8, 4) is 0 Å². The maximum Gasteiger partial charge on any atom is 0.417 e. The van der Waals surface area contributed by atoms with Crippen LogP contribution in [0.1, 0.15) is 21.6 Å². The molecule has 5 nitrogen and oxygen atoms in total. The minimum absolute atomic E-state index is 0.0710. The molecule has 0 spiro atoms. The summed E-state index contributed by atoms with van der Waals surface area (Å²) in [5, 5.41) is 4.69. The number of alkyl halides is 3. The summed E-state index contributed by atoms with van der Waals surface area (Å²) in [6.07, 6.45) is -4.09. The van der Waals surface area contributed by atoms with Crippen molar-refractivity contribution in [1.82, 2.24) is 15.6 Å². The number of hydrogen-bond donors (Lipinski definition) is 2. The zero-order chi connectivity index (χ0) is 19.3. The van der Waals surface area contributed by atoms with E-state index < -0.39 is 29.6 Å². The van der Waals surface area contributed by atoms with Crippen LogP contribution in [0.4, 0.5) is 13.2 Å². The normalized spacial score (nSPS) is 12.3. The monoisotopic (exact) mass is 385 g/mol. The van der Waals surface area contributed by atoms with Crippen LogP contribution in [-0.2, 0) is 17.4 Å². The highest BCUT2D eigenvalue weighted by Gasteiger charge is 2.32. The molecule has 2 N–H and O–H groups in total. The van der Waals surface area contributed by atoms with Crippen LogP contribution in [0.3, 0.4) is 0 Å². The average Bonchev–Trinajstić information content (AvgIpc) is 2.61. The summed E-state index contributed by atoms with van der Waals surface area (Å²) in [6.45, 7) is 0. The van der Waals surface area contributed by atoms with Crippen molar-refractivity contribution in [1.29, 1.82) is 0 Å². The van der Waals surface area contributed by atoms with Gasteiger partial charge in [-0.25, -0.2) is 0 Å². The van der Waals surface area contributed by atoms with E-state index >= 15 is 0 Å². The molecule has 9 heteroatoms. The van der Waals surface area contributed by atoms with Crippen molar-refractivity contribution in [2.24, 2.45) is 0 Å². The van der Waals surface area contributed by atoms with Crippen molar-refractivity contribution < 1.29 is 22.8 Å². The Labute approximate surface area is 152 Å². The first-order valence-electron chi connectivity index (χ1n) is 7.51. The fourth-order valence-corrected chi connectivity index (χ4v) is 2.42. The molecule has 0 aliphatic carbocycles. The van der Waals surface area contributed by atoms with Gasteiger partial charge in [0, 0.05) is 25.2 Å². The molecule has 0 aliphatic heterocycles. The smallest absolute Gasteiger partial charge is 0.357 e. The van der Waals surface area contributed by atoms with Gasteiger partial charge in [0.2, 0.25) is 5.91 Å². The van der Waals surface area contributed by atoms with E-state index in [2.05, 4.69) is 15.6 Å². The molecule has 2 amide bonds. The lowest BCUT2D eigenvalue weighted by atomic mass is 10.1. The number of carbonyl (C=O) groups excluding carboxylic acids is 2. The zero-order valence-electron chi connectivity index (χ0n) is 13.6. The van der Waals surface area contributed by atoms with Gasteiger partial charge in [-0.3, -0.25) is 14.6 Å². The number of carbonyl (C=O) groups is 2. The van der Waals surface area contributed by atoms with Crippen molar-refractivity contribution in [2.75, 3.05) is 7.05 Å². The first-order chi connectivity index (χ1) is 12.2. The number of aromatic nitrogens is 1. The highest BCUT2D eigenvalue weighted by Crippen LogP contribution is 2.31. The minimum Gasteiger partial charge on any atom is -0.357 e. The van der Waals surface area contributed by atoms with Gasteiger partial charge in [-0.05, 0) is 18.2 Å². The molecule has 138 valence electrons. The van der Waals surface area contributed by atoms with Gasteiger partial charge in [0.15, 0.2) is 0 Å². The predicted molar refractivity (Wildman–Crippen MR) is 89.7 cm³/mol. The molecule has 1 aromatic carbocycles. The van der Waals surface area contributed by atoms with Crippen LogP contribution < -0.4 is 10.6 Å². The van der Waals surface area contributed by atoms with E-state index in [0.29, 0.717) is 11.8 Å². The maximum absolute atomic E-state index is 12.7. The van der Waals surface area contributed by atoms with Gasteiger partial charge >= 0.3 is 6.18 Å². The Morgan fingerprint density at radius 3 is 2.42 bits per heavy atom. The summed E-state index contributed by atoms with van der Waals surface area (Å²) in [5.74, 6) is -1.02. The maximum atomic E-state index is 12.7. The lowest BCUT2D eigenvalue weighted by Crippen LogP contribution is -2.47. The summed E-state index contributed by atoms with van der Waals surface area (Å²) in [5.41, 5.74) is -0.578. The lowest BCUT2D eigenvalue weighted by Gasteiger charge is -2.18. The second kappa shape index (κ2) is 8.18. The third-order valence-electron chi connectivity index (χ3n) is 3.55. The number of rotatable bonds is 5. The molecule has 1 unspecified atom stereocenters. The van der Waals surface area contributed by atoms with Crippen molar-refractivity contribution in [2.45, 2.75) is 18.6 Å². The molecule has 1 aromatic heterocycles. The third-order valence-corrected chi connectivity index (χ3v) is 3.87. The Balaban J connectivity index is 2.21. The van der Waals surface area contributed by atoms with Gasteiger partial charge < -0.3 is 10.6 Å². The number of benzene rings is 1. The fourth-order valence-electron chi connectivity index (χ4n) is 2.18. The Hall–Kier alpha value is -2.61. The molecule has 0 fully saturated rings. The Kier molecular flexibility index (Phi) is 6.20. The van der Waals surface area contributed by atoms with E-state index in [1.807, 2.05) is 0 Å². The first kappa shape index (κ1) is 19.7. The molecule has 0 saturated heterocycles. The van der Waals surface area contributed by atoms with Crippen LogP contribution >= 0.6 is 11.6 Å². The van der Waals surface area contributed by atoms with Crippen LogP contribution in [0.2, 0.25) is 5.02 Å². The average molecular weight is 386 g/mol. The molecule has 1 atom stereocenters. The van der Waals surface area contributed by atoms with Gasteiger partial charge in [0.1, 0.15) is 6.04 Å². The van der Waals surface area contributed by atoms with Gasteiger partial charge in [0.25, 0.3) is 5.91 Å². The van der Waals surface area contributed by atoms with E-state index in [0.717, 1.165) is 6.07 Å². The molecule has 2 rings (SSSR count). The predicted octanol–water partition coefficient (Wildman–Crippen LogP) is 2.84. The van der Waals surface area contributed by atoms with E-state index in [-0.39, 0.29) is 17.1 Å². The van der Waals surface area contributed by atoms with Crippen LogP contribution in [0.25, 0.3) is 0 Å². The summed E-state index contributed by atoms with van der Waals surface area (Å²) in [4.78, 5) is 28.0. The molecule has 2 aromatic rings. The highest BCUT2D eigenvalue weighted by atomic mass is 35.5. The van der Waals surface area contributed by atoms with Crippen LogP contribution in [0, 0.1) is 0 Å². The standard InChI is InChI=1S/C17H15ClF3N3O2/c1-22-16(26)14(24-15(25)10-5-3-2-4-6-10)8-13-12(18)7-11(9-23-13)17(19,20)21/h2-7,9,14H,8H2,1H3,(H,22,26)(H,24,25). The number of halogens is 4. The first-order valence-corrected chi connectivity index (χ1v) is 7.89. The van der Waals surface area contributed by atoms with E-state index in [9.17, 15) is 22.8 Å². The second-order valence-corrected chi connectivity index (χ2v) is 5.77. The molecule has 0 saturated carbocycles. The molecule has 26 heavy (non-hydrogen) atoms. The molecule has 0 aliphatic rings. The van der Waals surface area contributed by atoms with Gasteiger partial charge in [-0.15, -0.1) is 0 Å². The summed E-state index contributed by atoms with van der Waals surface area (Å²) >= 11 is 5.87. The second-order valence-electron chi connectivity index (χ2n) is 5.36. The summed E-state index contributed by atoms with van der Waals surface area (Å²) < 4.78 is 38.1. The third kappa shape index (κ3) is 4.95. The number of nitrogens with one attached hydrogen (secondary N) is 2. The molecule has 1 heterocycles. The fraction of sp³-hybridized carbons (Fsp3) is 0.235. The van der Waals surface area contributed by atoms with E-state index in [1.54, 1.807) is 30.3 Å². The van der Waals surface area contributed by atoms with Crippen molar-refractivity contribution in [3.05, 3.63) is 64.4 Å². The van der Waals surface area contributed by atoms with E-state index in [4.69, 9.17) is 11.6 Å². The molecular formula is C17H15ClF3N3O2. The zero-order valence-corrected chi connectivity index (χ0v) is 14.4. The number of amides is 2. The lowest BCUT2D eigenvalue weighted by molar-refractivity contribution is -0.137. The van der Waals surface area contributed by atoms with Crippen LogP contribution in [-0.4, -0.2) is 29.9 Å². The van der Waals surface area contributed by atoms with Crippen molar-refractivity contribution >= 4 is 23.4 Å². The minimum atomic E-state index is -4.57. The molecule has 0 bridgehead atoms. The largest absolute Gasteiger partial charge is 0.417 e. The highest BCUT2D eigenvalue weighted by molar-refractivity contribution is 6.31. The van der Waals surface area contributed by atoms with Gasteiger partial charge in [-0.2, -0.15) is 13.2 Å². The Bertz CT molecular complexity index is 798. The van der Waals surface area contributed by atoms with Crippen molar-refractivity contribution in [3.63, 3.8) is 0 Å². The van der Waals surface area contributed by atoms with Crippen LogP contribution in [0.5, 0.6) is 0 Å². The number of hydrogen-bond acceptors (Lipinski definition) is 3. The van der Waals surface area contributed by atoms with Crippen LogP contribution in [0.15, 0.2) is 42.6 Å². The van der Waals surface area contributed by atoms with Gasteiger partial charge in [-0.1, -0.05) is 29.8 Å². The topological polar surface area (TPSA) is 71.1 Å². The molecular weight excluding hydrogens is 371 g/mol. The summed E-state index contributed by atoms with van der Waals surface area (Å²) in [6, 6.07) is 7.90. The molecule has 0 radical (unpaired) electrons. The number of likely N-dealkylation sites (N-methyl/N-ethyl adjacent to an activating group) is 1. The SMILES string of the molecule is CNC(=O)C(Cc1ncc(C(F)(F)F)cc1Cl)NC(=O)c1ccccc1. The Morgan fingerprint density at radius 2 is 1.88 bits per heavy atom. The quantitative estimate of drug-likeness (QED) is 0.831. The number of pyridine rings is 1.